The van der Waals surface area contributed by atoms with Gasteiger partial charge in [-0.15, -0.1) is 0 Å². The highest BCUT2D eigenvalue weighted by Crippen LogP contribution is 2.49. The Bertz CT molecular complexity index is 572. The number of carboxylic acid groups (broad SMARTS) is 2. The van der Waals surface area contributed by atoms with E-state index in [9.17, 15) is 19.8 Å². The summed E-state index contributed by atoms with van der Waals surface area (Å²) in [7, 11) is 0. The van der Waals surface area contributed by atoms with Crippen molar-refractivity contribution in [3.8, 4) is 0 Å². The van der Waals surface area contributed by atoms with Crippen LogP contribution in [0.25, 0.3) is 0 Å². The largest absolute Gasteiger partial charge is 0.481 e. The molecule has 7 heteroatoms. The minimum absolute atomic E-state index is 0.0278. The van der Waals surface area contributed by atoms with Crippen molar-refractivity contribution >= 4 is 11.9 Å². The number of hydrogen-bond acceptors (Lipinski definition) is 5. The van der Waals surface area contributed by atoms with Crippen LogP contribution in [-0.2, 0) is 14.3 Å². The number of carboxylic acids is 2. The Morgan fingerprint density at radius 3 is 1.11 bits per heavy atom. The molecule has 0 heterocycles. The van der Waals surface area contributed by atoms with Crippen LogP contribution in [0.5, 0.6) is 0 Å². The number of aliphatic carboxylic acids is 2. The fraction of sp³-hybridized carbons (Fsp3) is 0.933. The van der Waals surface area contributed by atoms with Gasteiger partial charge in [-0.25, -0.2) is 0 Å². The summed E-state index contributed by atoms with van der Waals surface area (Å²) < 4.78 is 4.63. The first-order valence-electron chi connectivity index (χ1n) is 15.2. The Hall–Kier alpha value is -1.18. The van der Waals surface area contributed by atoms with Gasteiger partial charge in [0.25, 0.3) is 0 Å². The molecule has 0 radical (unpaired) electrons. The summed E-state index contributed by atoms with van der Waals surface area (Å²) in [5, 5.41) is 35.3. The second-order valence-electron chi connectivity index (χ2n) is 11.8. The molecule has 4 aliphatic carbocycles. The van der Waals surface area contributed by atoms with Gasteiger partial charge in [0.1, 0.15) is 0 Å². The molecule has 0 bridgehead atoms. The van der Waals surface area contributed by atoms with E-state index in [0.717, 1.165) is 77.0 Å². The Balaban J connectivity index is 0.000000210. The van der Waals surface area contributed by atoms with Crippen LogP contribution in [0, 0.1) is 22.7 Å². The number of ether oxygens (including phenoxy) is 1. The van der Waals surface area contributed by atoms with Crippen LogP contribution in [0.3, 0.4) is 0 Å². The molecule has 4 rings (SSSR count). The highest BCUT2D eigenvalue weighted by atomic mass is 16.5. The van der Waals surface area contributed by atoms with Crippen LogP contribution in [0.1, 0.15) is 128 Å². The number of aliphatic hydroxyl groups excluding tert-OH is 2. The van der Waals surface area contributed by atoms with Crippen LogP contribution in [0.2, 0.25) is 0 Å². The van der Waals surface area contributed by atoms with Gasteiger partial charge in [-0.2, -0.15) is 0 Å². The summed E-state index contributed by atoms with van der Waals surface area (Å²) in [6.07, 6.45) is 23.0. The lowest BCUT2D eigenvalue weighted by atomic mass is 9.62. The zero-order chi connectivity index (χ0) is 27.0. The molecule has 0 saturated heterocycles. The van der Waals surface area contributed by atoms with E-state index in [-0.39, 0.29) is 24.0 Å². The summed E-state index contributed by atoms with van der Waals surface area (Å²) in [5.74, 6) is -0.0590. The molecular weight excluding hydrogens is 472 g/mol. The van der Waals surface area contributed by atoms with E-state index in [1.54, 1.807) is 0 Å². The molecule has 0 unspecified atom stereocenters. The predicted octanol–water partition coefficient (Wildman–Crippen LogP) is 6.19. The minimum Gasteiger partial charge on any atom is -0.481 e. The molecule has 4 fully saturated rings. The molecule has 7 nitrogen and oxygen atoms in total. The maximum Gasteiger partial charge on any atom is 0.309 e. The van der Waals surface area contributed by atoms with Crippen LogP contribution >= 0.6 is 0 Å². The Labute approximate surface area is 224 Å². The smallest absolute Gasteiger partial charge is 0.309 e. The lowest BCUT2D eigenvalue weighted by Crippen LogP contribution is -2.41. The van der Waals surface area contributed by atoms with Crippen molar-refractivity contribution in [1.29, 1.82) is 0 Å². The van der Waals surface area contributed by atoms with E-state index >= 15 is 0 Å². The van der Waals surface area contributed by atoms with E-state index in [2.05, 4.69) is 4.74 Å². The van der Waals surface area contributed by atoms with Gasteiger partial charge in [-0.05, 0) is 63.2 Å². The average molecular weight is 527 g/mol. The van der Waals surface area contributed by atoms with Crippen molar-refractivity contribution in [3.05, 3.63) is 0 Å². The molecule has 4 saturated carbocycles. The maximum atomic E-state index is 11.6. The lowest BCUT2D eigenvalue weighted by molar-refractivity contribution is -0.157. The van der Waals surface area contributed by atoms with Gasteiger partial charge in [0, 0.05) is 0 Å². The van der Waals surface area contributed by atoms with Crippen LogP contribution in [0.4, 0.5) is 0 Å². The number of rotatable bonds is 8. The van der Waals surface area contributed by atoms with Gasteiger partial charge < -0.3 is 25.2 Å². The number of aliphatic hydroxyl groups is 2. The highest BCUT2D eigenvalue weighted by molar-refractivity contribution is 5.75. The number of carbonyl (C=O) groups is 2. The Kier molecular flexibility index (Phi) is 15.1. The summed E-state index contributed by atoms with van der Waals surface area (Å²) in [4.78, 5) is 23.2. The standard InChI is InChI=1S/2C13H22O2.C4H10O3/c2*14-12(15)13(9-5-2-6-10-13)11-7-3-1-4-8-11;5-1-3-7-4-2-6/h2*11H,1-10H2,(H,14,15);5-6H,1-4H2. The van der Waals surface area contributed by atoms with Gasteiger partial charge in [-0.1, -0.05) is 77.0 Å². The molecule has 216 valence electrons. The fourth-order valence-electron chi connectivity index (χ4n) is 7.50. The third-order valence-corrected chi connectivity index (χ3v) is 9.59. The van der Waals surface area contributed by atoms with Crippen molar-refractivity contribution in [2.75, 3.05) is 26.4 Å². The fourth-order valence-corrected chi connectivity index (χ4v) is 7.50. The van der Waals surface area contributed by atoms with Gasteiger partial charge >= 0.3 is 11.9 Å². The van der Waals surface area contributed by atoms with Gasteiger partial charge in [0.2, 0.25) is 0 Å². The summed E-state index contributed by atoms with van der Waals surface area (Å²) in [5.41, 5.74) is -0.669. The summed E-state index contributed by atoms with van der Waals surface area (Å²) in [6.45, 7) is 0.696. The predicted molar refractivity (Wildman–Crippen MR) is 144 cm³/mol. The Morgan fingerprint density at radius 1 is 0.541 bits per heavy atom. The molecule has 37 heavy (non-hydrogen) atoms. The maximum absolute atomic E-state index is 11.6. The van der Waals surface area contributed by atoms with Gasteiger partial charge in [-0.3, -0.25) is 9.59 Å². The van der Waals surface area contributed by atoms with E-state index in [1.165, 1.54) is 51.4 Å². The second kappa shape index (κ2) is 17.4. The monoisotopic (exact) mass is 526 g/mol. The molecule has 0 spiro atoms. The highest BCUT2D eigenvalue weighted by Gasteiger charge is 2.47. The molecule has 4 aliphatic rings. The van der Waals surface area contributed by atoms with Crippen molar-refractivity contribution in [2.24, 2.45) is 22.7 Å². The third kappa shape index (κ3) is 9.50. The number of hydrogen-bond donors (Lipinski definition) is 4. The van der Waals surface area contributed by atoms with Gasteiger partial charge in [0.15, 0.2) is 0 Å². The quantitative estimate of drug-likeness (QED) is 0.278. The first-order valence-corrected chi connectivity index (χ1v) is 15.2. The first kappa shape index (κ1) is 32.0. The molecule has 4 N–H and O–H groups in total. The SMILES string of the molecule is O=C(O)C1(C2CCCCC2)CCCCC1.O=C(O)C1(C2CCCCC2)CCCCC1.OCCOCCO. The molecule has 0 aromatic rings. The summed E-state index contributed by atoms with van der Waals surface area (Å²) >= 11 is 0. The molecule has 0 amide bonds. The van der Waals surface area contributed by atoms with Crippen molar-refractivity contribution in [2.45, 2.75) is 128 Å². The van der Waals surface area contributed by atoms with Crippen molar-refractivity contribution in [3.63, 3.8) is 0 Å². The lowest BCUT2D eigenvalue weighted by Gasteiger charge is -2.42. The van der Waals surface area contributed by atoms with Crippen LogP contribution in [-0.4, -0.2) is 58.8 Å². The topological polar surface area (TPSA) is 124 Å². The van der Waals surface area contributed by atoms with E-state index < -0.39 is 11.9 Å². The second-order valence-corrected chi connectivity index (χ2v) is 11.8. The van der Waals surface area contributed by atoms with E-state index in [1.807, 2.05) is 0 Å². The molecule has 0 aromatic carbocycles. The molecule has 0 aliphatic heterocycles. The Morgan fingerprint density at radius 2 is 0.838 bits per heavy atom. The normalized spacial score (nSPS) is 24.1. The molecular formula is C30H54O7. The van der Waals surface area contributed by atoms with Gasteiger partial charge in [0.05, 0.1) is 37.3 Å². The zero-order valence-electron chi connectivity index (χ0n) is 23.1. The van der Waals surface area contributed by atoms with Crippen molar-refractivity contribution < 1.29 is 34.8 Å². The van der Waals surface area contributed by atoms with Crippen LogP contribution < -0.4 is 0 Å². The third-order valence-electron chi connectivity index (χ3n) is 9.59. The molecule has 0 atom stereocenters. The van der Waals surface area contributed by atoms with Crippen LogP contribution in [0.15, 0.2) is 0 Å². The molecule has 0 aromatic heterocycles. The van der Waals surface area contributed by atoms with E-state index in [4.69, 9.17) is 10.2 Å². The average Bonchev–Trinajstić information content (AvgIpc) is 2.95. The van der Waals surface area contributed by atoms with E-state index in [0.29, 0.717) is 25.0 Å². The zero-order valence-corrected chi connectivity index (χ0v) is 23.1. The summed E-state index contributed by atoms with van der Waals surface area (Å²) in [6, 6.07) is 0. The first-order chi connectivity index (χ1) is 17.9. The van der Waals surface area contributed by atoms with Crippen molar-refractivity contribution in [1.82, 2.24) is 0 Å². The minimum atomic E-state index is -0.505.